The summed E-state index contributed by atoms with van der Waals surface area (Å²) in [4.78, 5) is 10.9. The van der Waals surface area contributed by atoms with E-state index >= 15 is 0 Å². The Bertz CT molecular complexity index is 591. The van der Waals surface area contributed by atoms with E-state index in [1.165, 1.54) is 0 Å². The molecule has 3 rings (SSSR count). The summed E-state index contributed by atoms with van der Waals surface area (Å²) in [5.74, 6) is 0. The predicted molar refractivity (Wildman–Crippen MR) is 67.2 cm³/mol. The van der Waals surface area contributed by atoms with Crippen molar-refractivity contribution in [3.63, 3.8) is 0 Å². The quantitative estimate of drug-likeness (QED) is 0.647. The van der Waals surface area contributed by atoms with Crippen molar-refractivity contribution in [3.8, 4) is 0 Å². The largest absolute Gasteiger partial charge is 0.377 e. The fraction of sp³-hybridized carbons (Fsp3) is 0.231. The highest BCUT2D eigenvalue weighted by Crippen LogP contribution is 2.36. The van der Waals surface area contributed by atoms with Crippen molar-refractivity contribution in [1.82, 2.24) is 0 Å². The van der Waals surface area contributed by atoms with Gasteiger partial charge >= 0.3 is 0 Å². The minimum atomic E-state index is -0.299. The molecule has 0 aromatic heterocycles. The Morgan fingerprint density at radius 2 is 1.94 bits per heavy atom. The van der Waals surface area contributed by atoms with Crippen LogP contribution >= 0.6 is 0 Å². The second-order valence-electron chi connectivity index (χ2n) is 4.36. The summed E-state index contributed by atoms with van der Waals surface area (Å²) in [7, 11) is 0. The predicted octanol–water partition coefficient (Wildman–Crippen LogP) is 3.32. The third kappa shape index (κ3) is 1.82. The van der Waals surface area contributed by atoms with Gasteiger partial charge in [0.2, 0.25) is 0 Å². The molecule has 2 aromatic rings. The highest BCUT2D eigenvalue weighted by Gasteiger charge is 2.25. The molecule has 1 fully saturated rings. The molecule has 0 radical (unpaired) electrons. The van der Waals surface area contributed by atoms with E-state index in [4.69, 9.17) is 0 Å². The summed E-state index contributed by atoms with van der Waals surface area (Å²) in [6.45, 7) is 0. The van der Waals surface area contributed by atoms with Gasteiger partial charge in [0.05, 0.1) is 10.3 Å². The maximum absolute atomic E-state index is 11.2. The highest BCUT2D eigenvalue weighted by atomic mass is 16.6. The highest BCUT2D eigenvalue weighted by molar-refractivity contribution is 5.96. The van der Waals surface area contributed by atoms with Crippen molar-refractivity contribution in [3.05, 3.63) is 46.5 Å². The van der Waals surface area contributed by atoms with Gasteiger partial charge in [-0.25, -0.2) is 0 Å². The van der Waals surface area contributed by atoms with Gasteiger partial charge < -0.3 is 5.32 Å². The first kappa shape index (κ1) is 10.1. The molecule has 1 aliphatic rings. The van der Waals surface area contributed by atoms with Crippen LogP contribution in [0.3, 0.4) is 0 Å². The molecule has 0 atom stereocenters. The van der Waals surface area contributed by atoms with Crippen LogP contribution in [0, 0.1) is 10.1 Å². The minimum absolute atomic E-state index is 0.190. The van der Waals surface area contributed by atoms with Crippen LogP contribution in [0.4, 0.5) is 11.4 Å². The second-order valence-corrected chi connectivity index (χ2v) is 4.36. The summed E-state index contributed by atoms with van der Waals surface area (Å²) >= 11 is 0. The van der Waals surface area contributed by atoms with Crippen molar-refractivity contribution in [2.45, 2.75) is 18.9 Å². The molecule has 0 aliphatic heterocycles. The Kier molecular flexibility index (Phi) is 2.21. The van der Waals surface area contributed by atoms with E-state index in [1.807, 2.05) is 24.3 Å². The summed E-state index contributed by atoms with van der Waals surface area (Å²) in [6, 6.07) is 11.5. The topological polar surface area (TPSA) is 55.2 Å². The van der Waals surface area contributed by atoms with Gasteiger partial charge in [-0.1, -0.05) is 24.3 Å². The van der Waals surface area contributed by atoms with Crippen molar-refractivity contribution in [2.75, 3.05) is 5.32 Å². The third-order valence-electron chi connectivity index (χ3n) is 3.02. The van der Waals surface area contributed by atoms with Crippen LogP contribution in [0.15, 0.2) is 36.4 Å². The zero-order chi connectivity index (χ0) is 11.8. The number of nitrogens with one attached hydrogen (secondary N) is 1. The van der Waals surface area contributed by atoms with Gasteiger partial charge in [-0.2, -0.15) is 0 Å². The van der Waals surface area contributed by atoms with Crippen LogP contribution in [0.5, 0.6) is 0 Å². The van der Waals surface area contributed by atoms with Crippen molar-refractivity contribution < 1.29 is 4.92 Å². The number of nitro benzene ring substituents is 1. The molecule has 0 bridgehead atoms. The van der Waals surface area contributed by atoms with Gasteiger partial charge in [0, 0.05) is 6.04 Å². The molecule has 0 amide bonds. The lowest BCUT2D eigenvalue weighted by Crippen LogP contribution is -2.04. The molecule has 1 saturated carbocycles. The van der Waals surface area contributed by atoms with E-state index in [2.05, 4.69) is 5.32 Å². The number of nitro groups is 1. The Balaban J connectivity index is 2.20. The fourth-order valence-corrected chi connectivity index (χ4v) is 2.02. The lowest BCUT2D eigenvalue weighted by atomic mass is 10.1. The molecule has 0 unspecified atom stereocenters. The number of fused-ring (bicyclic) bond motifs is 1. The SMILES string of the molecule is O=[N+]([O-])c1c(NC2CC2)ccc2ccccc12. The third-order valence-corrected chi connectivity index (χ3v) is 3.02. The summed E-state index contributed by atoms with van der Waals surface area (Å²) < 4.78 is 0. The number of nitrogens with zero attached hydrogens (tertiary/aromatic N) is 1. The first-order valence-corrected chi connectivity index (χ1v) is 5.68. The molecular formula is C13H12N2O2. The Morgan fingerprint density at radius 3 is 2.65 bits per heavy atom. The smallest absolute Gasteiger partial charge is 0.300 e. The molecular weight excluding hydrogens is 216 g/mol. The molecule has 0 heterocycles. The molecule has 0 spiro atoms. The van der Waals surface area contributed by atoms with Crippen LogP contribution in [0.1, 0.15) is 12.8 Å². The zero-order valence-electron chi connectivity index (χ0n) is 9.22. The summed E-state index contributed by atoms with van der Waals surface area (Å²) in [5, 5.41) is 16.0. The first-order valence-electron chi connectivity index (χ1n) is 5.68. The van der Waals surface area contributed by atoms with Crippen molar-refractivity contribution in [1.29, 1.82) is 0 Å². The van der Waals surface area contributed by atoms with Crippen LogP contribution < -0.4 is 5.32 Å². The lowest BCUT2D eigenvalue weighted by Gasteiger charge is -2.07. The molecule has 2 aromatic carbocycles. The maximum atomic E-state index is 11.2. The van der Waals surface area contributed by atoms with E-state index < -0.39 is 0 Å². The van der Waals surface area contributed by atoms with Gasteiger partial charge in [0.15, 0.2) is 0 Å². The van der Waals surface area contributed by atoms with Gasteiger partial charge in [-0.3, -0.25) is 10.1 Å². The zero-order valence-corrected chi connectivity index (χ0v) is 9.22. The fourth-order valence-electron chi connectivity index (χ4n) is 2.02. The van der Waals surface area contributed by atoms with Gasteiger partial charge in [-0.15, -0.1) is 0 Å². The number of hydrogen-bond donors (Lipinski definition) is 1. The monoisotopic (exact) mass is 228 g/mol. The number of rotatable bonds is 3. The first-order chi connectivity index (χ1) is 8.25. The molecule has 17 heavy (non-hydrogen) atoms. The summed E-state index contributed by atoms with van der Waals surface area (Å²) in [5.41, 5.74) is 0.825. The average molecular weight is 228 g/mol. The number of anilines is 1. The Hall–Kier alpha value is -2.10. The number of benzene rings is 2. The van der Waals surface area contributed by atoms with Crippen molar-refractivity contribution in [2.24, 2.45) is 0 Å². The minimum Gasteiger partial charge on any atom is -0.377 e. The van der Waals surface area contributed by atoms with Crippen LogP contribution in [-0.4, -0.2) is 11.0 Å². The van der Waals surface area contributed by atoms with Crippen LogP contribution in [0.25, 0.3) is 10.8 Å². The van der Waals surface area contributed by atoms with Gasteiger partial charge in [0.1, 0.15) is 5.69 Å². The normalized spacial score (nSPS) is 14.8. The molecule has 0 saturated heterocycles. The average Bonchev–Trinajstić information content (AvgIpc) is 3.12. The Morgan fingerprint density at radius 1 is 1.18 bits per heavy atom. The van der Waals surface area contributed by atoms with E-state index in [-0.39, 0.29) is 10.6 Å². The maximum Gasteiger partial charge on any atom is 0.300 e. The molecule has 4 heteroatoms. The van der Waals surface area contributed by atoms with E-state index in [1.54, 1.807) is 12.1 Å². The molecule has 1 aliphatic carbocycles. The van der Waals surface area contributed by atoms with Gasteiger partial charge in [0.25, 0.3) is 5.69 Å². The van der Waals surface area contributed by atoms with E-state index in [0.717, 1.165) is 18.2 Å². The molecule has 4 nitrogen and oxygen atoms in total. The van der Waals surface area contributed by atoms with Crippen molar-refractivity contribution >= 4 is 22.1 Å². The molecule has 86 valence electrons. The standard InChI is InChI=1S/C13H12N2O2/c16-15(17)13-11-4-2-1-3-9(11)5-8-12(13)14-10-6-7-10/h1-5,8,10,14H,6-7H2. The number of hydrogen-bond acceptors (Lipinski definition) is 3. The Labute approximate surface area is 98.4 Å². The van der Waals surface area contributed by atoms with E-state index in [0.29, 0.717) is 17.1 Å². The summed E-state index contributed by atoms with van der Waals surface area (Å²) in [6.07, 6.45) is 2.20. The second kappa shape index (κ2) is 3.73. The molecule has 1 N–H and O–H groups in total. The van der Waals surface area contributed by atoms with E-state index in [9.17, 15) is 10.1 Å². The van der Waals surface area contributed by atoms with Crippen LogP contribution in [0.2, 0.25) is 0 Å². The van der Waals surface area contributed by atoms with Gasteiger partial charge in [-0.05, 0) is 30.4 Å². The lowest BCUT2D eigenvalue weighted by molar-refractivity contribution is -0.382. The van der Waals surface area contributed by atoms with Crippen LogP contribution in [-0.2, 0) is 0 Å².